The molecular formula is C14H30N2OS. The van der Waals surface area contributed by atoms with Crippen molar-refractivity contribution in [3.8, 4) is 0 Å². The number of rotatable bonds is 6. The van der Waals surface area contributed by atoms with Crippen molar-refractivity contribution in [2.24, 2.45) is 5.92 Å². The predicted octanol–water partition coefficient (Wildman–Crippen LogP) is 1.85. The summed E-state index contributed by atoms with van der Waals surface area (Å²) in [6.07, 6.45) is 4.29. The quantitative estimate of drug-likeness (QED) is 0.802. The van der Waals surface area contributed by atoms with Gasteiger partial charge in [-0.2, -0.15) is 0 Å². The Morgan fingerprint density at radius 2 is 2.06 bits per heavy atom. The standard InChI is InChI=1S/C14H30N2OS/c1-6-7-13-10-16(9-12(4)18(5)17)14(8-15-13)11(2)3/h11-15H,6-10H2,1-5H3. The molecule has 0 bridgehead atoms. The molecule has 1 aliphatic heterocycles. The van der Waals surface area contributed by atoms with Gasteiger partial charge in [0.05, 0.1) is 0 Å². The lowest BCUT2D eigenvalue weighted by Crippen LogP contribution is -2.59. The molecule has 0 aromatic carbocycles. The monoisotopic (exact) mass is 274 g/mol. The SMILES string of the molecule is CCCC1CN(CC(C)S(C)=O)C(C(C)C)CN1. The van der Waals surface area contributed by atoms with Crippen LogP contribution in [0.4, 0.5) is 0 Å². The molecule has 4 unspecified atom stereocenters. The van der Waals surface area contributed by atoms with Gasteiger partial charge in [-0.1, -0.05) is 27.2 Å². The molecule has 0 aromatic rings. The van der Waals surface area contributed by atoms with Crippen molar-refractivity contribution in [1.29, 1.82) is 0 Å². The van der Waals surface area contributed by atoms with Crippen LogP contribution in [-0.2, 0) is 10.8 Å². The molecular weight excluding hydrogens is 244 g/mol. The summed E-state index contributed by atoms with van der Waals surface area (Å²) < 4.78 is 11.6. The van der Waals surface area contributed by atoms with Crippen LogP contribution < -0.4 is 5.32 Å². The molecule has 0 amide bonds. The summed E-state index contributed by atoms with van der Waals surface area (Å²) in [4.78, 5) is 2.56. The molecule has 1 N–H and O–H groups in total. The third kappa shape index (κ3) is 4.63. The van der Waals surface area contributed by atoms with E-state index in [9.17, 15) is 4.21 Å². The van der Waals surface area contributed by atoms with E-state index in [2.05, 4.69) is 37.9 Å². The lowest BCUT2D eigenvalue weighted by Gasteiger charge is -2.43. The Bertz CT molecular complexity index is 271. The van der Waals surface area contributed by atoms with Gasteiger partial charge in [-0.05, 0) is 19.3 Å². The molecule has 0 spiro atoms. The minimum Gasteiger partial charge on any atom is -0.311 e. The van der Waals surface area contributed by atoms with E-state index in [0.717, 1.165) is 19.6 Å². The highest BCUT2D eigenvalue weighted by Crippen LogP contribution is 2.18. The van der Waals surface area contributed by atoms with Gasteiger partial charge in [0.2, 0.25) is 0 Å². The summed E-state index contributed by atoms with van der Waals surface area (Å²) in [6.45, 7) is 12.1. The highest BCUT2D eigenvalue weighted by Gasteiger charge is 2.30. The number of hydrogen-bond acceptors (Lipinski definition) is 3. The van der Waals surface area contributed by atoms with Crippen molar-refractivity contribution in [1.82, 2.24) is 10.2 Å². The first-order valence-electron chi connectivity index (χ1n) is 7.25. The summed E-state index contributed by atoms with van der Waals surface area (Å²) in [7, 11) is -0.717. The summed E-state index contributed by atoms with van der Waals surface area (Å²) >= 11 is 0. The summed E-state index contributed by atoms with van der Waals surface area (Å²) in [5.41, 5.74) is 0. The molecule has 18 heavy (non-hydrogen) atoms. The van der Waals surface area contributed by atoms with E-state index in [4.69, 9.17) is 0 Å². The minimum absolute atomic E-state index is 0.270. The molecule has 4 atom stereocenters. The zero-order valence-corrected chi connectivity index (χ0v) is 13.4. The van der Waals surface area contributed by atoms with E-state index < -0.39 is 10.8 Å². The maximum Gasteiger partial charge on any atom is 0.0444 e. The maximum atomic E-state index is 11.6. The summed E-state index contributed by atoms with van der Waals surface area (Å²) in [6, 6.07) is 1.20. The molecule has 0 radical (unpaired) electrons. The number of nitrogens with one attached hydrogen (secondary N) is 1. The van der Waals surface area contributed by atoms with Crippen LogP contribution in [0.2, 0.25) is 0 Å². The maximum absolute atomic E-state index is 11.6. The Kier molecular flexibility index (Phi) is 6.82. The van der Waals surface area contributed by atoms with E-state index >= 15 is 0 Å². The van der Waals surface area contributed by atoms with E-state index in [1.165, 1.54) is 12.8 Å². The lowest BCUT2D eigenvalue weighted by molar-refractivity contribution is 0.0969. The topological polar surface area (TPSA) is 32.3 Å². The highest BCUT2D eigenvalue weighted by atomic mass is 32.2. The fraction of sp³-hybridized carbons (Fsp3) is 1.00. The van der Waals surface area contributed by atoms with E-state index in [1.54, 1.807) is 0 Å². The molecule has 0 aliphatic carbocycles. The third-order valence-corrected chi connectivity index (χ3v) is 5.29. The van der Waals surface area contributed by atoms with Gasteiger partial charge in [0, 0.05) is 54.0 Å². The molecule has 0 aromatic heterocycles. The largest absolute Gasteiger partial charge is 0.311 e. The van der Waals surface area contributed by atoms with E-state index in [1.807, 2.05) is 6.26 Å². The Hall–Kier alpha value is 0.0700. The van der Waals surface area contributed by atoms with Gasteiger partial charge < -0.3 is 5.32 Å². The van der Waals surface area contributed by atoms with Gasteiger partial charge >= 0.3 is 0 Å². The Morgan fingerprint density at radius 3 is 2.56 bits per heavy atom. The van der Waals surface area contributed by atoms with Gasteiger partial charge in [0.1, 0.15) is 0 Å². The smallest absolute Gasteiger partial charge is 0.0444 e. The van der Waals surface area contributed by atoms with Crippen molar-refractivity contribution in [2.75, 3.05) is 25.9 Å². The van der Waals surface area contributed by atoms with Crippen LogP contribution >= 0.6 is 0 Å². The average molecular weight is 274 g/mol. The molecule has 1 heterocycles. The van der Waals surface area contributed by atoms with Crippen LogP contribution in [0.3, 0.4) is 0 Å². The molecule has 108 valence electrons. The first-order chi connectivity index (χ1) is 8.45. The first kappa shape index (κ1) is 16.1. The third-order valence-electron chi connectivity index (χ3n) is 4.00. The molecule has 1 aliphatic rings. The van der Waals surface area contributed by atoms with Crippen molar-refractivity contribution in [2.45, 2.75) is 57.9 Å². The van der Waals surface area contributed by atoms with Crippen molar-refractivity contribution >= 4 is 10.8 Å². The summed E-state index contributed by atoms with van der Waals surface area (Å²) in [5, 5.41) is 3.94. The number of piperazine rings is 1. The van der Waals surface area contributed by atoms with Gasteiger partial charge in [-0.3, -0.25) is 9.11 Å². The Balaban J connectivity index is 2.62. The average Bonchev–Trinajstić information content (AvgIpc) is 2.29. The van der Waals surface area contributed by atoms with Gasteiger partial charge in [-0.15, -0.1) is 0 Å². The van der Waals surface area contributed by atoms with Crippen LogP contribution in [0.5, 0.6) is 0 Å². The fourth-order valence-corrected chi connectivity index (χ4v) is 3.15. The fourth-order valence-electron chi connectivity index (χ4n) is 2.74. The molecule has 1 saturated heterocycles. The molecule has 4 heteroatoms. The van der Waals surface area contributed by atoms with Crippen molar-refractivity contribution < 1.29 is 4.21 Å². The van der Waals surface area contributed by atoms with Crippen LogP contribution in [0.25, 0.3) is 0 Å². The molecule has 0 saturated carbocycles. The zero-order valence-electron chi connectivity index (χ0n) is 12.6. The molecule has 1 rings (SSSR count). The van der Waals surface area contributed by atoms with Crippen molar-refractivity contribution in [3.05, 3.63) is 0 Å². The molecule has 1 fully saturated rings. The second-order valence-corrected chi connectivity index (χ2v) is 7.77. The second kappa shape index (κ2) is 7.61. The lowest BCUT2D eigenvalue weighted by atomic mass is 9.97. The van der Waals surface area contributed by atoms with Crippen LogP contribution in [0, 0.1) is 5.92 Å². The predicted molar refractivity (Wildman–Crippen MR) is 80.4 cm³/mol. The van der Waals surface area contributed by atoms with E-state index in [-0.39, 0.29) is 5.25 Å². The van der Waals surface area contributed by atoms with Crippen LogP contribution in [0.15, 0.2) is 0 Å². The highest BCUT2D eigenvalue weighted by molar-refractivity contribution is 7.84. The number of hydrogen-bond donors (Lipinski definition) is 1. The minimum atomic E-state index is -0.717. The van der Waals surface area contributed by atoms with Gasteiger partial charge in [-0.25, -0.2) is 0 Å². The van der Waals surface area contributed by atoms with Gasteiger partial charge in [0.25, 0.3) is 0 Å². The summed E-state index contributed by atoms with van der Waals surface area (Å²) in [5.74, 6) is 0.651. The molecule has 3 nitrogen and oxygen atoms in total. The zero-order chi connectivity index (χ0) is 13.7. The van der Waals surface area contributed by atoms with E-state index in [0.29, 0.717) is 18.0 Å². The Morgan fingerprint density at radius 1 is 1.39 bits per heavy atom. The second-order valence-electron chi connectivity index (χ2n) is 5.97. The normalized spacial score (nSPS) is 29.4. The van der Waals surface area contributed by atoms with Crippen LogP contribution in [0.1, 0.15) is 40.5 Å². The Labute approximate surface area is 115 Å². The van der Waals surface area contributed by atoms with Crippen LogP contribution in [-0.4, -0.2) is 52.3 Å². The van der Waals surface area contributed by atoms with Crippen molar-refractivity contribution in [3.63, 3.8) is 0 Å². The number of nitrogens with zero attached hydrogens (tertiary/aromatic N) is 1. The van der Waals surface area contributed by atoms with Gasteiger partial charge in [0.15, 0.2) is 0 Å². The first-order valence-corrected chi connectivity index (χ1v) is 8.87.